The molecule has 0 aliphatic rings. The molecule has 3 aromatic rings. The van der Waals surface area contributed by atoms with Crippen LogP contribution in [0.15, 0.2) is 45.8 Å². The average molecular weight is 460 g/mol. The molecule has 0 saturated heterocycles. The predicted octanol–water partition coefficient (Wildman–Crippen LogP) is 3.56. The number of benzene rings is 2. The summed E-state index contributed by atoms with van der Waals surface area (Å²) < 4.78 is 38.3. The van der Waals surface area contributed by atoms with Gasteiger partial charge < -0.3 is 14.2 Å². The van der Waals surface area contributed by atoms with Crippen LogP contribution in [0.25, 0.3) is 10.8 Å². The number of aromatic nitrogens is 1. The molecule has 32 heavy (non-hydrogen) atoms. The lowest BCUT2D eigenvalue weighted by atomic mass is 10.0. The molecule has 0 radical (unpaired) electrons. The van der Waals surface area contributed by atoms with Gasteiger partial charge in [0, 0.05) is 32.1 Å². The summed E-state index contributed by atoms with van der Waals surface area (Å²) in [5.74, 6) is 0.791. The van der Waals surface area contributed by atoms with E-state index in [1.807, 2.05) is 43.3 Å². The number of hydrogen-bond donors (Lipinski definition) is 1. The van der Waals surface area contributed by atoms with E-state index in [0.717, 1.165) is 28.5 Å². The highest BCUT2D eigenvalue weighted by Crippen LogP contribution is 2.29. The maximum Gasteiger partial charge on any atom is 0.245 e. The minimum absolute atomic E-state index is 0.0202. The van der Waals surface area contributed by atoms with E-state index in [2.05, 4.69) is 9.88 Å². The number of sulfonamides is 1. The van der Waals surface area contributed by atoms with Crippen LogP contribution in [0.4, 0.5) is 0 Å². The van der Waals surface area contributed by atoms with Gasteiger partial charge in [-0.1, -0.05) is 42.4 Å². The Morgan fingerprint density at radius 1 is 1.19 bits per heavy atom. The number of fused-ring (bicyclic) bond motifs is 1. The smallest absolute Gasteiger partial charge is 0.245 e. The van der Waals surface area contributed by atoms with Crippen LogP contribution >= 0.6 is 0 Å². The predicted molar refractivity (Wildman–Crippen MR) is 122 cm³/mol. The number of nitrogens with zero attached hydrogens (tertiary/aromatic N) is 2. The van der Waals surface area contributed by atoms with Crippen LogP contribution in [0.2, 0.25) is 0 Å². The third-order valence-corrected chi connectivity index (χ3v) is 6.85. The number of hydrogen-bond acceptors (Lipinski definition) is 6. The number of carbonyl (C=O) groups is 1. The van der Waals surface area contributed by atoms with Crippen molar-refractivity contribution < 1.29 is 22.5 Å². The number of carbonyl (C=O) groups excluding carboxylic acids is 1. The van der Waals surface area contributed by atoms with Crippen molar-refractivity contribution in [1.82, 2.24) is 14.8 Å². The van der Waals surface area contributed by atoms with Crippen LogP contribution < -0.4 is 9.46 Å². The van der Waals surface area contributed by atoms with Crippen molar-refractivity contribution in [2.45, 2.75) is 45.1 Å². The molecule has 0 fully saturated rings. The summed E-state index contributed by atoms with van der Waals surface area (Å²) in [7, 11) is -2.10. The Kier molecular flexibility index (Phi) is 7.52. The van der Waals surface area contributed by atoms with Gasteiger partial charge >= 0.3 is 0 Å². The summed E-state index contributed by atoms with van der Waals surface area (Å²) in [6, 6.07) is 11.9. The molecule has 1 heterocycles. The second-order valence-electron chi connectivity index (χ2n) is 7.66. The first-order valence-electron chi connectivity index (χ1n) is 10.5. The summed E-state index contributed by atoms with van der Waals surface area (Å²) in [4.78, 5) is 14.3. The molecule has 0 saturated carbocycles. The van der Waals surface area contributed by atoms with Crippen molar-refractivity contribution in [3.05, 3.63) is 53.4 Å². The second-order valence-corrected chi connectivity index (χ2v) is 9.37. The lowest BCUT2D eigenvalue weighted by Crippen LogP contribution is -2.32. The lowest BCUT2D eigenvalue weighted by Gasteiger charge is -2.21. The van der Waals surface area contributed by atoms with Crippen molar-refractivity contribution in [2.75, 3.05) is 20.2 Å². The van der Waals surface area contributed by atoms with Crippen LogP contribution in [0.3, 0.4) is 0 Å². The largest absolute Gasteiger partial charge is 0.493 e. The molecule has 0 aliphatic heterocycles. The van der Waals surface area contributed by atoms with E-state index in [9.17, 15) is 13.2 Å². The normalized spacial score (nSPS) is 11.6. The van der Waals surface area contributed by atoms with Crippen molar-refractivity contribution in [3.63, 3.8) is 0 Å². The molecule has 2 aromatic carbocycles. The molecule has 9 heteroatoms. The Bertz CT molecular complexity index is 1180. The minimum atomic E-state index is -3.80. The fourth-order valence-corrected chi connectivity index (χ4v) is 4.92. The molecule has 1 amide bonds. The molecular formula is C23H29N3O5S. The van der Waals surface area contributed by atoms with Crippen LogP contribution in [0.1, 0.15) is 36.8 Å². The van der Waals surface area contributed by atoms with Gasteiger partial charge in [-0.2, -0.15) is 0 Å². The highest BCUT2D eigenvalue weighted by Gasteiger charge is 2.24. The van der Waals surface area contributed by atoms with Gasteiger partial charge in [0.2, 0.25) is 15.9 Å². The molecule has 172 valence electrons. The Labute approximate surface area is 188 Å². The van der Waals surface area contributed by atoms with Crippen LogP contribution in [0, 0.1) is 13.8 Å². The topological polar surface area (TPSA) is 102 Å². The molecular weight excluding hydrogens is 430 g/mol. The van der Waals surface area contributed by atoms with Gasteiger partial charge in [0.1, 0.15) is 16.3 Å². The summed E-state index contributed by atoms with van der Waals surface area (Å²) in [6.45, 7) is 6.06. The zero-order valence-corrected chi connectivity index (χ0v) is 19.7. The molecule has 0 bridgehead atoms. The molecule has 1 aromatic heterocycles. The minimum Gasteiger partial charge on any atom is -0.493 e. The van der Waals surface area contributed by atoms with E-state index in [1.54, 1.807) is 18.9 Å². The van der Waals surface area contributed by atoms with E-state index >= 15 is 0 Å². The monoisotopic (exact) mass is 459 g/mol. The molecule has 1 N–H and O–H groups in total. The molecule has 0 spiro atoms. The zero-order valence-electron chi connectivity index (χ0n) is 18.8. The van der Waals surface area contributed by atoms with E-state index in [1.165, 1.54) is 6.92 Å². The zero-order chi connectivity index (χ0) is 23.3. The van der Waals surface area contributed by atoms with Gasteiger partial charge in [0.05, 0.1) is 6.61 Å². The van der Waals surface area contributed by atoms with Crippen LogP contribution in [0.5, 0.6) is 5.75 Å². The average Bonchev–Trinajstić information content (AvgIpc) is 3.11. The maximum absolute atomic E-state index is 12.7. The summed E-state index contributed by atoms with van der Waals surface area (Å²) >= 11 is 0. The van der Waals surface area contributed by atoms with E-state index in [0.29, 0.717) is 13.2 Å². The Balaban J connectivity index is 1.69. The first kappa shape index (κ1) is 23.7. The number of amides is 1. The number of aryl methyl sites for hydroxylation is 2. The third-order valence-electron chi connectivity index (χ3n) is 5.15. The second kappa shape index (κ2) is 10.1. The molecule has 3 rings (SSSR count). The fourth-order valence-electron chi connectivity index (χ4n) is 3.57. The number of nitrogens with one attached hydrogen (secondary N) is 1. The molecule has 0 unspecified atom stereocenters. The molecule has 0 atom stereocenters. The molecule has 0 aliphatic carbocycles. The standard InChI is InChI=1S/C23H29N3O5S/c1-5-14-30-21-11-10-18-8-6-7-9-19(18)20(21)15-26(4)22(27)12-13-24-32(28,29)23-16(2)25-31-17(23)3/h6-11,24H,5,12-15H2,1-4H3. The van der Waals surface area contributed by atoms with Gasteiger partial charge in [-0.3, -0.25) is 4.79 Å². The maximum atomic E-state index is 12.7. The van der Waals surface area contributed by atoms with Crippen LogP contribution in [-0.2, 0) is 21.4 Å². The first-order chi connectivity index (χ1) is 15.2. The fraction of sp³-hybridized carbons (Fsp3) is 0.391. The SMILES string of the molecule is CCCOc1ccc2ccccc2c1CN(C)C(=O)CCNS(=O)(=O)c1c(C)noc1C. The highest BCUT2D eigenvalue weighted by atomic mass is 32.2. The van der Waals surface area contributed by atoms with E-state index < -0.39 is 10.0 Å². The highest BCUT2D eigenvalue weighted by molar-refractivity contribution is 7.89. The Morgan fingerprint density at radius 2 is 1.94 bits per heavy atom. The van der Waals surface area contributed by atoms with Crippen molar-refractivity contribution in [2.24, 2.45) is 0 Å². The van der Waals surface area contributed by atoms with Gasteiger partial charge in [-0.15, -0.1) is 0 Å². The summed E-state index contributed by atoms with van der Waals surface area (Å²) in [5.41, 5.74) is 1.22. The summed E-state index contributed by atoms with van der Waals surface area (Å²) in [5, 5.41) is 5.77. The summed E-state index contributed by atoms with van der Waals surface area (Å²) in [6.07, 6.45) is 0.904. The van der Waals surface area contributed by atoms with Gasteiger partial charge in [0.15, 0.2) is 5.76 Å². The molecule has 8 nitrogen and oxygen atoms in total. The number of rotatable bonds is 10. The van der Waals surface area contributed by atoms with Gasteiger partial charge in [-0.25, -0.2) is 13.1 Å². The lowest BCUT2D eigenvalue weighted by molar-refractivity contribution is -0.130. The Morgan fingerprint density at radius 3 is 2.62 bits per heavy atom. The Hall–Kier alpha value is -2.91. The first-order valence-corrected chi connectivity index (χ1v) is 12.0. The quantitative estimate of drug-likeness (QED) is 0.497. The van der Waals surface area contributed by atoms with E-state index in [-0.39, 0.29) is 35.2 Å². The van der Waals surface area contributed by atoms with Crippen molar-refractivity contribution in [3.8, 4) is 5.75 Å². The third kappa shape index (κ3) is 5.28. The van der Waals surface area contributed by atoms with E-state index in [4.69, 9.17) is 9.26 Å². The van der Waals surface area contributed by atoms with Gasteiger partial charge in [-0.05, 0) is 37.1 Å². The van der Waals surface area contributed by atoms with Gasteiger partial charge in [0.25, 0.3) is 0 Å². The number of ether oxygens (including phenoxy) is 1. The van der Waals surface area contributed by atoms with Crippen molar-refractivity contribution in [1.29, 1.82) is 0 Å². The van der Waals surface area contributed by atoms with Crippen molar-refractivity contribution >= 4 is 26.7 Å². The van der Waals surface area contributed by atoms with Crippen LogP contribution in [-0.4, -0.2) is 44.6 Å².